The summed E-state index contributed by atoms with van der Waals surface area (Å²) >= 11 is 4.19. The second-order valence-electron chi connectivity index (χ2n) is 6.27. The lowest BCUT2D eigenvalue weighted by Gasteiger charge is -2.14. The molecule has 3 amide bonds. The van der Waals surface area contributed by atoms with E-state index in [1.54, 1.807) is 42.5 Å². The van der Waals surface area contributed by atoms with Crippen LogP contribution in [0.4, 0.5) is 4.79 Å². The third kappa shape index (κ3) is 5.80. The van der Waals surface area contributed by atoms with Crippen molar-refractivity contribution in [1.82, 2.24) is 4.90 Å². The summed E-state index contributed by atoms with van der Waals surface area (Å²) in [4.78, 5) is 37.5. The van der Waals surface area contributed by atoms with Gasteiger partial charge in [0.25, 0.3) is 17.1 Å². The molecular formula is C21H19BrN2O6S. The predicted molar refractivity (Wildman–Crippen MR) is 120 cm³/mol. The van der Waals surface area contributed by atoms with Gasteiger partial charge in [-0.2, -0.15) is 0 Å². The van der Waals surface area contributed by atoms with Crippen LogP contribution in [-0.2, 0) is 9.59 Å². The van der Waals surface area contributed by atoms with E-state index in [1.807, 2.05) is 6.07 Å². The molecule has 10 heteroatoms. The number of halogens is 1. The van der Waals surface area contributed by atoms with Crippen LogP contribution in [-0.4, -0.2) is 48.8 Å². The SMILES string of the molecule is COc1ccccc1OCCN1C(=O)S/C(=C\c2cc(Br)ccc2OCC(N)=O)C1=O. The molecule has 0 unspecified atom stereocenters. The summed E-state index contributed by atoms with van der Waals surface area (Å²) < 4.78 is 17.0. The number of primary amides is 1. The van der Waals surface area contributed by atoms with Gasteiger partial charge < -0.3 is 19.9 Å². The molecule has 1 fully saturated rings. The number of benzene rings is 2. The molecule has 2 aromatic rings. The van der Waals surface area contributed by atoms with Crippen molar-refractivity contribution < 1.29 is 28.6 Å². The number of nitrogens with zero attached hydrogens (tertiary/aromatic N) is 1. The average Bonchev–Trinajstić information content (AvgIpc) is 3.00. The summed E-state index contributed by atoms with van der Waals surface area (Å²) in [5, 5.41) is -0.394. The summed E-state index contributed by atoms with van der Waals surface area (Å²) in [6.07, 6.45) is 1.55. The van der Waals surface area contributed by atoms with E-state index in [0.717, 1.165) is 21.1 Å². The first-order chi connectivity index (χ1) is 14.9. The van der Waals surface area contributed by atoms with E-state index in [2.05, 4.69) is 15.9 Å². The number of rotatable bonds is 9. The standard InChI is InChI=1S/C21H19BrN2O6S/c1-28-16-4-2-3-5-17(16)29-9-8-24-20(26)18(31-21(24)27)11-13-10-14(22)6-7-15(13)30-12-19(23)25/h2-7,10-11H,8-9,12H2,1H3,(H2,23,25)/b18-11-. The quantitative estimate of drug-likeness (QED) is 0.518. The smallest absolute Gasteiger partial charge is 0.293 e. The van der Waals surface area contributed by atoms with Crippen molar-refractivity contribution in [2.75, 3.05) is 26.9 Å². The Bertz CT molecular complexity index is 1040. The monoisotopic (exact) mass is 506 g/mol. The van der Waals surface area contributed by atoms with Gasteiger partial charge in [0.05, 0.1) is 18.6 Å². The molecule has 1 aliphatic rings. The maximum Gasteiger partial charge on any atom is 0.293 e. The summed E-state index contributed by atoms with van der Waals surface area (Å²) in [5.74, 6) is 0.407. The highest BCUT2D eigenvalue weighted by Crippen LogP contribution is 2.35. The van der Waals surface area contributed by atoms with Gasteiger partial charge in [-0.05, 0) is 48.2 Å². The summed E-state index contributed by atoms with van der Waals surface area (Å²) in [6.45, 7) is -0.0939. The molecule has 0 aliphatic carbocycles. The number of nitrogens with two attached hydrogens (primary N) is 1. The van der Waals surface area contributed by atoms with Crippen molar-refractivity contribution in [1.29, 1.82) is 0 Å². The molecular weight excluding hydrogens is 488 g/mol. The number of imide groups is 1. The molecule has 0 radical (unpaired) electrons. The molecule has 1 aliphatic heterocycles. The van der Waals surface area contributed by atoms with Crippen molar-refractivity contribution in [3.05, 3.63) is 57.4 Å². The molecule has 31 heavy (non-hydrogen) atoms. The highest BCUT2D eigenvalue weighted by Gasteiger charge is 2.35. The summed E-state index contributed by atoms with van der Waals surface area (Å²) in [7, 11) is 1.53. The second kappa shape index (κ2) is 10.4. The van der Waals surface area contributed by atoms with E-state index >= 15 is 0 Å². The number of amides is 3. The molecule has 8 nitrogen and oxygen atoms in total. The molecule has 1 heterocycles. The molecule has 0 atom stereocenters. The fourth-order valence-corrected chi connectivity index (χ4v) is 3.97. The molecule has 3 rings (SSSR count). The Morgan fingerprint density at radius 2 is 1.87 bits per heavy atom. The van der Waals surface area contributed by atoms with Crippen LogP contribution in [0, 0.1) is 0 Å². The van der Waals surface area contributed by atoms with Crippen molar-refractivity contribution in [3.63, 3.8) is 0 Å². The summed E-state index contributed by atoms with van der Waals surface area (Å²) in [6, 6.07) is 12.2. The van der Waals surface area contributed by atoms with Crippen LogP contribution in [0.1, 0.15) is 5.56 Å². The van der Waals surface area contributed by atoms with Crippen LogP contribution < -0.4 is 19.9 Å². The Balaban J connectivity index is 1.70. The molecule has 162 valence electrons. The predicted octanol–water partition coefficient (Wildman–Crippen LogP) is 3.44. The van der Waals surface area contributed by atoms with Gasteiger partial charge in [0.2, 0.25) is 0 Å². The largest absolute Gasteiger partial charge is 0.493 e. The van der Waals surface area contributed by atoms with Crippen LogP contribution in [0.25, 0.3) is 6.08 Å². The van der Waals surface area contributed by atoms with Crippen LogP contribution in [0.3, 0.4) is 0 Å². The van der Waals surface area contributed by atoms with Crippen LogP contribution >= 0.6 is 27.7 Å². The van der Waals surface area contributed by atoms with Crippen molar-refractivity contribution in [3.8, 4) is 17.2 Å². The Labute approximate surface area is 191 Å². The second-order valence-corrected chi connectivity index (χ2v) is 8.18. The van der Waals surface area contributed by atoms with Gasteiger partial charge in [-0.3, -0.25) is 19.3 Å². The molecule has 0 bridgehead atoms. The summed E-state index contributed by atoms with van der Waals surface area (Å²) in [5.41, 5.74) is 5.66. The lowest BCUT2D eigenvalue weighted by Crippen LogP contribution is -2.32. The first-order valence-corrected chi connectivity index (χ1v) is 10.7. The Hall–Kier alpha value is -2.98. The molecule has 2 N–H and O–H groups in total. The minimum Gasteiger partial charge on any atom is -0.493 e. The van der Waals surface area contributed by atoms with Gasteiger partial charge in [-0.1, -0.05) is 28.1 Å². The third-order valence-corrected chi connectivity index (χ3v) is 5.54. The lowest BCUT2D eigenvalue weighted by atomic mass is 10.2. The van der Waals surface area contributed by atoms with Crippen molar-refractivity contribution >= 4 is 50.8 Å². The number of methoxy groups -OCH3 is 1. The zero-order chi connectivity index (χ0) is 22.4. The molecule has 0 aromatic heterocycles. The normalized spacial score (nSPS) is 14.8. The van der Waals surface area contributed by atoms with Gasteiger partial charge in [0.15, 0.2) is 18.1 Å². The number of ether oxygens (including phenoxy) is 3. The van der Waals surface area contributed by atoms with Gasteiger partial charge in [-0.15, -0.1) is 0 Å². The maximum atomic E-state index is 12.8. The van der Waals surface area contributed by atoms with Gasteiger partial charge >= 0.3 is 0 Å². The van der Waals surface area contributed by atoms with Gasteiger partial charge in [-0.25, -0.2) is 0 Å². The Kier molecular flexibility index (Phi) is 7.59. The van der Waals surface area contributed by atoms with Gasteiger partial charge in [0, 0.05) is 10.0 Å². The molecule has 0 saturated carbocycles. The van der Waals surface area contributed by atoms with E-state index in [1.165, 1.54) is 7.11 Å². The lowest BCUT2D eigenvalue weighted by molar-refractivity contribution is -0.123. The zero-order valence-corrected chi connectivity index (χ0v) is 18.9. The van der Waals surface area contributed by atoms with E-state index in [-0.39, 0.29) is 24.7 Å². The van der Waals surface area contributed by atoms with Gasteiger partial charge in [0.1, 0.15) is 12.4 Å². The fourth-order valence-electron chi connectivity index (χ4n) is 2.73. The first-order valence-electron chi connectivity index (χ1n) is 9.11. The number of para-hydroxylation sites is 2. The number of carbonyl (C=O) groups is 3. The first kappa shape index (κ1) is 22.7. The topological polar surface area (TPSA) is 108 Å². The third-order valence-electron chi connectivity index (χ3n) is 4.14. The van der Waals surface area contributed by atoms with Crippen LogP contribution in [0.15, 0.2) is 51.8 Å². The number of hydrogen-bond donors (Lipinski definition) is 1. The Morgan fingerprint density at radius 1 is 1.13 bits per heavy atom. The minimum atomic E-state index is -0.621. The van der Waals surface area contributed by atoms with E-state index < -0.39 is 17.1 Å². The van der Waals surface area contributed by atoms with E-state index in [0.29, 0.717) is 22.8 Å². The molecule has 0 spiro atoms. The number of carbonyl (C=O) groups excluding carboxylic acids is 3. The van der Waals surface area contributed by atoms with E-state index in [4.69, 9.17) is 19.9 Å². The highest BCUT2D eigenvalue weighted by atomic mass is 79.9. The van der Waals surface area contributed by atoms with Crippen molar-refractivity contribution in [2.45, 2.75) is 0 Å². The maximum absolute atomic E-state index is 12.8. The fraction of sp³-hybridized carbons (Fsp3) is 0.190. The number of thioether (sulfide) groups is 1. The number of hydrogen-bond acceptors (Lipinski definition) is 7. The van der Waals surface area contributed by atoms with Crippen molar-refractivity contribution in [2.24, 2.45) is 5.73 Å². The zero-order valence-electron chi connectivity index (χ0n) is 16.5. The van der Waals surface area contributed by atoms with E-state index in [9.17, 15) is 14.4 Å². The average molecular weight is 507 g/mol. The van der Waals surface area contributed by atoms with Crippen LogP contribution in [0.5, 0.6) is 17.2 Å². The highest BCUT2D eigenvalue weighted by molar-refractivity contribution is 9.10. The van der Waals surface area contributed by atoms with Crippen LogP contribution in [0.2, 0.25) is 0 Å². The minimum absolute atomic E-state index is 0.0869. The molecule has 1 saturated heterocycles. The molecule has 2 aromatic carbocycles. The Morgan fingerprint density at radius 3 is 2.58 bits per heavy atom.